The van der Waals surface area contributed by atoms with Crippen LogP contribution in [-0.4, -0.2) is 69.2 Å². The standard InChI is InChI=1S/C18H30N4O/c1-19-17(22(4)14-16-8-6-5-7-9-16)20-15-18(21(2)3)10-12-23-13-11-18/h5-9H,10-15H2,1-4H3,(H,19,20). The summed E-state index contributed by atoms with van der Waals surface area (Å²) >= 11 is 0. The van der Waals surface area contributed by atoms with E-state index in [1.54, 1.807) is 0 Å². The van der Waals surface area contributed by atoms with Crippen LogP contribution in [-0.2, 0) is 11.3 Å². The number of guanidine groups is 1. The lowest BCUT2D eigenvalue weighted by Gasteiger charge is -2.43. The van der Waals surface area contributed by atoms with Gasteiger partial charge in [-0.1, -0.05) is 30.3 Å². The molecule has 1 aliphatic rings. The van der Waals surface area contributed by atoms with Crippen LogP contribution in [0.3, 0.4) is 0 Å². The van der Waals surface area contributed by atoms with Gasteiger partial charge in [0.25, 0.3) is 0 Å². The lowest BCUT2D eigenvalue weighted by atomic mass is 9.88. The normalized spacial score (nSPS) is 18.0. The summed E-state index contributed by atoms with van der Waals surface area (Å²) in [6.45, 7) is 3.39. The first-order chi connectivity index (χ1) is 11.1. The van der Waals surface area contributed by atoms with E-state index in [0.29, 0.717) is 0 Å². The van der Waals surface area contributed by atoms with Gasteiger partial charge < -0.3 is 19.9 Å². The van der Waals surface area contributed by atoms with E-state index in [9.17, 15) is 0 Å². The summed E-state index contributed by atoms with van der Waals surface area (Å²) in [5, 5.41) is 3.56. The summed E-state index contributed by atoms with van der Waals surface area (Å²) in [4.78, 5) is 8.93. The minimum atomic E-state index is 0.141. The first kappa shape index (κ1) is 17.8. The molecule has 1 saturated heterocycles. The molecule has 1 aromatic rings. The van der Waals surface area contributed by atoms with E-state index in [4.69, 9.17) is 4.74 Å². The van der Waals surface area contributed by atoms with E-state index in [2.05, 4.69) is 65.5 Å². The van der Waals surface area contributed by atoms with Gasteiger partial charge in [-0.05, 0) is 32.5 Å². The van der Waals surface area contributed by atoms with Crippen LogP contribution >= 0.6 is 0 Å². The highest BCUT2D eigenvalue weighted by Gasteiger charge is 2.35. The molecule has 0 saturated carbocycles. The van der Waals surface area contributed by atoms with Crippen LogP contribution in [0.1, 0.15) is 18.4 Å². The van der Waals surface area contributed by atoms with Gasteiger partial charge in [0.2, 0.25) is 0 Å². The molecule has 0 spiro atoms. The number of nitrogens with zero attached hydrogens (tertiary/aromatic N) is 3. The van der Waals surface area contributed by atoms with Crippen molar-refractivity contribution in [3.8, 4) is 0 Å². The van der Waals surface area contributed by atoms with Crippen molar-refractivity contribution >= 4 is 5.96 Å². The van der Waals surface area contributed by atoms with Crippen molar-refractivity contribution in [2.75, 3.05) is 47.9 Å². The molecule has 1 aromatic carbocycles. The van der Waals surface area contributed by atoms with E-state index in [1.165, 1.54) is 5.56 Å². The smallest absolute Gasteiger partial charge is 0.193 e. The summed E-state index contributed by atoms with van der Waals surface area (Å²) in [7, 11) is 8.23. The molecular weight excluding hydrogens is 288 g/mol. The second-order valence-corrected chi connectivity index (χ2v) is 6.47. The Labute approximate surface area is 140 Å². The van der Waals surface area contributed by atoms with Crippen LogP contribution < -0.4 is 5.32 Å². The Kier molecular flexibility index (Phi) is 6.42. The van der Waals surface area contributed by atoms with Gasteiger partial charge in [-0.3, -0.25) is 4.99 Å². The SMILES string of the molecule is CN=C(NCC1(N(C)C)CCOCC1)N(C)Cc1ccccc1. The Bertz CT molecular complexity index is 495. The Morgan fingerprint density at radius 1 is 1.17 bits per heavy atom. The van der Waals surface area contributed by atoms with E-state index < -0.39 is 0 Å². The number of rotatable bonds is 5. The molecule has 1 N–H and O–H groups in total. The topological polar surface area (TPSA) is 40.1 Å². The molecular formula is C18H30N4O. The van der Waals surface area contributed by atoms with Gasteiger partial charge in [0.1, 0.15) is 0 Å². The van der Waals surface area contributed by atoms with Gasteiger partial charge in [-0.25, -0.2) is 0 Å². The highest BCUT2D eigenvalue weighted by Crippen LogP contribution is 2.25. The number of likely N-dealkylation sites (N-methyl/N-ethyl adjacent to an activating group) is 1. The Morgan fingerprint density at radius 2 is 1.83 bits per heavy atom. The number of ether oxygens (including phenoxy) is 1. The van der Waals surface area contributed by atoms with Crippen molar-refractivity contribution in [1.29, 1.82) is 0 Å². The Hall–Kier alpha value is -1.59. The molecule has 5 heteroatoms. The highest BCUT2D eigenvalue weighted by molar-refractivity contribution is 5.79. The Morgan fingerprint density at radius 3 is 2.39 bits per heavy atom. The van der Waals surface area contributed by atoms with Crippen LogP contribution in [0, 0.1) is 0 Å². The fraction of sp³-hybridized carbons (Fsp3) is 0.611. The minimum absolute atomic E-state index is 0.141. The molecule has 1 fully saturated rings. The van der Waals surface area contributed by atoms with Gasteiger partial charge in [-0.15, -0.1) is 0 Å². The summed E-state index contributed by atoms with van der Waals surface area (Å²) in [6, 6.07) is 10.5. The predicted octanol–water partition coefficient (Wildman–Crippen LogP) is 1.80. The second-order valence-electron chi connectivity index (χ2n) is 6.47. The maximum absolute atomic E-state index is 5.54. The molecule has 2 rings (SSSR count). The summed E-state index contributed by atoms with van der Waals surface area (Å²) in [5.41, 5.74) is 1.42. The van der Waals surface area contributed by atoms with Crippen LogP contribution in [0.2, 0.25) is 0 Å². The summed E-state index contributed by atoms with van der Waals surface area (Å²) < 4.78 is 5.54. The predicted molar refractivity (Wildman–Crippen MR) is 95.7 cm³/mol. The highest BCUT2D eigenvalue weighted by atomic mass is 16.5. The number of aliphatic imine (C=N–C) groups is 1. The molecule has 0 radical (unpaired) electrons. The molecule has 0 amide bonds. The molecule has 0 aliphatic carbocycles. The molecule has 5 nitrogen and oxygen atoms in total. The molecule has 1 aliphatic heterocycles. The molecule has 1 heterocycles. The van der Waals surface area contributed by atoms with Crippen molar-refractivity contribution < 1.29 is 4.74 Å². The van der Waals surface area contributed by atoms with Crippen molar-refractivity contribution in [2.24, 2.45) is 4.99 Å². The number of benzene rings is 1. The number of nitrogens with one attached hydrogen (secondary N) is 1. The van der Waals surface area contributed by atoms with E-state index in [0.717, 1.165) is 45.1 Å². The molecule has 0 unspecified atom stereocenters. The fourth-order valence-corrected chi connectivity index (χ4v) is 3.09. The van der Waals surface area contributed by atoms with Gasteiger partial charge in [-0.2, -0.15) is 0 Å². The van der Waals surface area contributed by atoms with Gasteiger partial charge in [0.05, 0.1) is 0 Å². The first-order valence-corrected chi connectivity index (χ1v) is 8.28. The Balaban J connectivity index is 1.96. The van der Waals surface area contributed by atoms with E-state index >= 15 is 0 Å². The average Bonchev–Trinajstić information content (AvgIpc) is 2.57. The molecule has 128 valence electrons. The summed E-state index contributed by atoms with van der Waals surface area (Å²) in [6.07, 6.45) is 2.10. The van der Waals surface area contributed by atoms with Gasteiger partial charge in [0.15, 0.2) is 5.96 Å². The average molecular weight is 318 g/mol. The first-order valence-electron chi connectivity index (χ1n) is 8.28. The van der Waals surface area contributed by atoms with E-state index in [-0.39, 0.29) is 5.54 Å². The monoisotopic (exact) mass is 318 g/mol. The molecule has 0 bridgehead atoms. The summed E-state index contributed by atoms with van der Waals surface area (Å²) in [5.74, 6) is 0.932. The van der Waals surface area contributed by atoms with Crippen LogP contribution in [0.25, 0.3) is 0 Å². The van der Waals surface area contributed by atoms with Crippen molar-refractivity contribution in [2.45, 2.75) is 24.9 Å². The lowest BCUT2D eigenvalue weighted by molar-refractivity contribution is -0.00522. The second kappa shape index (κ2) is 8.31. The third-order valence-electron chi connectivity index (χ3n) is 4.78. The number of hydrogen-bond donors (Lipinski definition) is 1. The van der Waals surface area contributed by atoms with Gasteiger partial charge >= 0.3 is 0 Å². The third kappa shape index (κ3) is 4.69. The van der Waals surface area contributed by atoms with Gasteiger partial charge in [0, 0.05) is 45.9 Å². The zero-order valence-corrected chi connectivity index (χ0v) is 14.9. The van der Waals surface area contributed by atoms with Crippen LogP contribution in [0.5, 0.6) is 0 Å². The lowest BCUT2D eigenvalue weighted by Crippen LogP contribution is -2.57. The van der Waals surface area contributed by atoms with Crippen molar-refractivity contribution in [3.05, 3.63) is 35.9 Å². The minimum Gasteiger partial charge on any atom is -0.381 e. The quantitative estimate of drug-likeness (QED) is 0.664. The van der Waals surface area contributed by atoms with Crippen molar-refractivity contribution in [1.82, 2.24) is 15.1 Å². The zero-order valence-electron chi connectivity index (χ0n) is 14.9. The maximum atomic E-state index is 5.54. The number of hydrogen-bond acceptors (Lipinski definition) is 3. The molecule has 0 aromatic heterocycles. The fourth-order valence-electron chi connectivity index (χ4n) is 3.09. The molecule has 0 atom stereocenters. The third-order valence-corrected chi connectivity index (χ3v) is 4.78. The van der Waals surface area contributed by atoms with Crippen LogP contribution in [0.15, 0.2) is 35.3 Å². The zero-order chi connectivity index (χ0) is 16.7. The molecule has 23 heavy (non-hydrogen) atoms. The van der Waals surface area contributed by atoms with E-state index in [1.807, 2.05) is 13.1 Å². The van der Waals surface area contributed by atoms with Crippen LogP contribution in [0.4, 0.5) is 0 Å². The largest absolute Gasteiger partial charge is 0.381 e. The van der Waals surface area contributed by atoms with Crippen molar-refractivity contribution in [3.63, 3.8) is 0 Å². The maximum Gasteiger partial charge on any atom is 0.193 e.